The Morgan fingerprint density at radius 1 is 0.933 bits per heavy atom. The molecule has 2 amide bonds. The number of hydrogen-bond acceptors (Lipinski definition) is 3. The van der Waals surface area contributed by atoms with E-state index in [0.717, 1.165) is 22.3 Å². The Bertz CT molecular complexity index is 1030. The molecule has 1 heterocycles. The molecule has 4 rings (SSSR count). The summed E-state index contributed by atoms with van der Waals surface area (Å²) in [6, 6.07) is 24.4. The van der Waals surface area contributed by atoms with Gasteiger partial charge < -0.3 is 10.1 Å². The summed E-state index contributed by atoms with van der Waals surface area (Å²) in [6.45, 7) is 2.51. The second-order valence-electron chi connectivity index (χ2n) is 7.51. The lowest BCUT2D eigenvalue weighted by molar-refractivity contribution is -0.121. The zero-order chi connectivity index (χ0) is 20.9. The van der Waals surface area contributed by atoms with Gasteiger partial charge in [-0.3, -0.25) is 9.69 Å². The first-order valence-corrected chi connectivity index (χ1v) is 10.0. The molecule has 0 spiro atoms. The third kappa shape index (κ3) is 4.51. The molecule has 30 heavy (non-hydrogen) atoms. The monoisotopic (exact) mass is 400 g/mol. The van der Waals surface area contributed by atoms with E-state index in [1.807, 2.05) is 85.8 Å². The van der Waals surface area contributed by atoms with Crippen LogP contribution in [0.4, 0.5) is 10.5 Å². The van der Waals surface area contributed by atoms with Crippen molar-refractivity contribution >= 4 is 17.7 Å². The largest absolute Gasteiger partial charge is 0.445 e. The summed E-state index contributed by atoms with van der Waals surface area (Å²) in [5.41, 5.74) is 4.85. The highest BCUT2D eigenvalue weighted by Gasteiger charge is 2.35. The van der Waals surface area contributed by atoms with Crippen molar-refractivity contribution in [2.24, 2.45) is 0 Å². The van der Waals surface area contributed by atoms with Gasteiger partial charge >= 0.3 is 6.09 Å². The lowest BCUT2D eigenvalue weighted by Crippen LogP contribution is -2.50. The molecule has 3 aromatic rings. The normalized spacial score (nSPS) is 15.2. The predicted molar refractivity (Wildman–Crippen MR) is 116 cm³/mol. The van der Waals surface area contributed by atoms with E-state index in [0.29, 0.717) is 18.7 Å². The van der Waals surface area contributed by atoms with Crippen LogP contribution in [-0.4, -0.2) is 22.9 Å². The van der Waals surface area contributed by atoms with Gasteiger partial charge in [-0.1, -0.05) is 72.3 Å². The number of carbonyl (C=O) groups excluding carboxylic acids is 2. The smallest absolute Gasteiger partial charge is 0.411 e. The molecule has 0 aromatic heterocycles. The first kappa shape index (κ1) is 19.7. The van der Waals surface area contributed by atoms with Gasteiger partial charge in [0, 0.05) is 12.1 Å². The van der Waals surface area contributed by atoms with Gasteiger partial charge in [0.1, 0.15) is 12.6 Å². The van der Waals surface area contributed by atoms with E-state index in [2.05, 4.69) is 5.32 Å². The van der Waals surface area contributed by atoms with Crippen LogP contribution in [0.3, 0.4) is 0 Å². The van der Waals surface area contributed by atoms with Crippen molar-refractivity contribution in [3.63, 3.8) is 0 Å². The summed E-state index contributed by atoms with van der Waals surface area (Å²) >= 11 is 0. The van der Waals surface area contributed by atoms with Crippen LogP contribution in [0.5, 0.6) is 0 Å². The van der Waals surface area contributed by atoms with Crippen LogP contribution in [0, 0.1) is 6.92 Å². The van der Waals surface area contributed by atoms with Gasteiger partial charge in [-0.15, -0.1) is 0 Å². The van der Waals surface area contributed by atoms with E-state index in [9.17, 15) is 9.59 Å². The number of nitrogens with zero attached hydrogens (tertiary/aromatic N) is 1. The maximum Gasteiger partial charge on any atom is 0.411 e. The molecule has 1 aliphatic rings. The first-order valence-electron chi connectivity index (χ1n) is 10.0. The summed E-state index contributed by atoms with van der Waals surface area (Å²) in [5.74, 6) is -0.218. The van der Waals surface area contributed by atoms with E-state index in [1.165, 1.54) is 4.90 Å². The zero-order valence-corrected chi connectivity index (χ0v) is 16.9. The van der Waals surface area contributed by atoms with Gasteiger partial charge in [-0.25, -0.2) is 4.79 Å². The Kier molecular flexibility index (Phi) is 5.80. The van der Waals surface area contributed by atoms with E-state index < -0.39 is 12.1 Å². The first-order chi connectivity index (χ1) is 14.6. The number of fused-ring (bicyclic) bond motifs is 1. The number of benzene rings is 3. The van der Waals surface area contributed by atoms with Gasteiger partial charge in [0.25, 0.3) is 0 Å². The Balaban J connectivity index is 1.52. The quantitative estimate of drug-likeness (QED) is 0.691. The zero-order valence-electron chi connectivity index (χ0n) is 16.9. The van der Waals surface area contributed by atoms with E-state index in [-0.39, 0.29) is 12.5 Å². The highest BCUT2D eigenvalue weighted by atomic mass is 16.6. The van der Waals surface area contributed by atoms with Crippen molar-refractivity contribution in [2.45, 2.75) is 32.5 Å². The van der Waals surface area contributed by atoms with E-state index in [1.54, 1.807) is 0 Å². The third-order valence-corrected chi connectivity index (χ3v) is 5.31. The molecule has 0 saturated carbocycles. The molecule has 3 aromatic carbocycles. The molecular weight excluding hydrogens is 376 g/mol. The molecule has 1 aliphatic heterocycles. The fourth-order valence-electron chi connectivity index (χ4n) is 3.61. The number of anilines is 1. The maximum atomic E-state index is 13.1. The molecular formula is C25H24N2O3. The molecule has 1 N–H and O–H groups in total. The van der Waals surface area contributed by atoms with Gasteiger partial charge in [0.15, 0.2) is 0 Å². The summed E-state index contributed by atoms with van der Waals surface area (Å²) in [6.07, 6.45) is -0.0358. The molecule has 0 saturated heterocycles. The summed E-state index contributed by atoms with van der Waals surface area (Å²) in [4.78, 5) is 27.5. The molecule has 5 nitrogen and oxygen atoms in total. The van der Waals surface area contributed by atoms with Gasteiger partial charge in [0.2, 0.25) is 5.91 Å². The van der Waals surface area contributed by atoms with Crippen LogP contribution >= 0.6 is 0 Å². The Morgan fingerprint density at radius 3 is 2.33 bits per heavy atom. The topological polar surface area (TPSA) is 58.6 Å². The van der Waals surface area contributed by atoms with Crippen molar-refractivity contribution in [2.75, 3.05) is 5.32 Å². The average Bonchev–Trinajstić information content (AvgIpc) is 2.78. The minimum absolute atomic E-state index is 0.171. The van der Waals surface area contributed by atoms with Crippen LogP contribution in [0.1, 0.15) is 22.3 Å². The SMILES string of the molecule is Cc1ccc(NC(=O)[C@H]2Cc3ccccc3CN2C(=O)OCc2ccccc2)cc1. The minimum Gasteiger partial charge on any atom is -0.445 e. The van der Waals surface area contributed by atoms with Crippen LogP contribution in [0.25, 0.3) is 0 Å². The Labute approximate surface area is 176 Å². The van der Waals surface area contributed by atoms with E-state index >= 15 is 0 Å². The molecule has 0 bridgehead atoms. The number of amides is 2. The Hall–Kier alpha value is -3.60. The van der Waals surface area contributed by atoms with Crippen molar-refractivity contribution in [3.05, 3.63) is 101 Å². The molecule has 5 heteroatoms. The minimum atomic E-state index is -0.635. The average molecular weight is 400 g/mol. The number of carbonyl (C=O) groups is 2. The summed E-state index contributed by atoms with van der Waals surface area (Å²) in [5, 5.41) is 2.94. The van der Waals surface area contributed by atoms with Gasteiger partial charge in [-0.2, -0.15) is 0 Å². The summed E-state index contributed by atoms with van der Waals surface area (Å²) in [7, 11) is 0. The Morgan fingerprint density at radius 2 is 1.60 bits per heavy atom. The van der Waals surface area contributed by atoms with Crippen LogP contribution in [-0.2, 0) is 29.1 Å². The van der Waals surface area contributed by atoms with Crippen LogP contribution in [0.2, 0.25) is 0 Å². The predicted octanol–water partition coefficient (Wildman–Crippen LogP) is 4.70. The molecule has 0 radical (unpaired) electrons. The lowest BCUT2D eigenvalue weighted by Gasteiger charge is -2.35. The lowest BCUT2D eigenvalue weighted by atomic mass is 9.94. The number of rotatable bonds is 4. The molecule has 1 atom stereocenters. The van der Waals surface area contributed by atoms with Gasteiger partial charge in [0.05, 0.1) is 6.54 Å². The fraction of sp³-hybridized carbons (Fsp3) is 0.200. The van der Waals surface area contributed by atoms with Crippen LogP contribution in [0.15, 0.2) is 78.9 Å². The molecule has 0 unspecified atom stereocenters. The van der Waals surface area contributed by atoms with Gasteiger partial charge in [-0.05, 0) is 35.7 Å². The fourth-order valence-corrected chi connectivity index (χ4v) is 3.61. The molecule has 0 fully saturated rings. The molecule has 0 aliphatic carbocycles. The van der Waals surface area contributed by atoms with Crippen molar-refractivity contribution in [1.82, 2.24) is 4.90 Å². The summed E-state index contributed by atoms with van der Waals surface area (Å²) < 4.78 is 5.54. The van der Waals surface area contributed by atoms with Crippen molar-refractivity contribution in [3.8, 4) is 0 Å². The van der Waals surface area contributed by atoms with E-state index in [4.69, 9.17) is 4.74 Å². The maximum absolute atomic E-state index is 13.1. The third-order valence-electron chi connectivity index (χ3n) is 5.31. The second-order valence-corrected chi connectivity index (χ2v) is 7.51. The number of ether oxygens (including phenoxy) is 1. The highest BCUT2D eigenvalue weighted by molar-refractivity contribution is 5.97. The number of aryl methyl sites for hydroxylation is 1. The standard InChI is InChI=1S/C25H24N2O3/c1-18-11-13-22(14-12-18)26-24(28)23-15-20-9-5-6-10-21(20)16-27(23)25(29)30-17-19-7-3-2-4-8-19/h2-14,23H,15-17H2,1H3,(H,26,28)/t23-/m1/s1. The molecule has 152 valence electrons. The second kappa shape index (κ2) is 8.82. The van der Waals surface area contributed by atoms with Crippen molar-refractivity contribution < 1.29 is 14.3 Å². The number of hydrogen-bond donors (Lipinski definition) is 1. The van der Waals surface area contributed by atoms with Crippen molar-refractivity contribution in [1.29, 1.82) is 0 Å². The number of nitrogens with one attached hydrogen (secondary N) is 1. The highest BCUT2D eigenvalue weighted by Crippen LogP contribution is 2.25. The van der Waals surface area contributed by atoms with Crippen LogP contribution < -0.4 is 5.32 Å².